The minimum absolute atomic E-state index is 0.139. The molecule has 0 aliphatic carbocycles. The molecule has 2 aliphatic rings. The van der Waals surface area contributed by atoms with Crippen LogP contribution in [0.2, 0.25) is 0 Å². The molecule has 0 spiro atoms. The van der Waals surface area contributed by atoms with Gasteiger partial charge in [-0.1, -0.05) is 0 Å². The molecule has 0 unspecified atom stereocenters. The molecule has 24 heavy (non-hydrogen) atoms. The molecule has 0 radical (unpaired) electrons. The molecule has 2 N–H and O–H groups in total. The Balaban J connectivity index is 1.42. The first kappa shape index (κ1) is 15.3. The van der Waals surface area contributed by atoms with E-state index in [1.54, 1.807) is 6.33 Å². The van der Waals surface area contributed by atoms with Crippen molar-refractivity contribution in [1.29, 1.82) is 0 Å². The summed E-state index contributed by atoms with van der Waals surface area (Å²) in [4.78, 5) is 31.0. The second-order valence-electron chi connectivity index (χ2n) is 6.53. The number of H-pyrrole nitrogens is 1. The van der Waals surface area contributed by atoms with Gasteiger partial charge in [0.1, 0.15) is 11.9 Å². The first-order chi connectivity index (χ1) is 11.7. The van der Waals surface area contributed by atoms with Crippen LogP contribution >= 0.6 is 0 Å². The second-order valence-corrected chi connectivity index (χ2v) is 6.53. The number of amides is 1. The molecular formula is C17H22N6O. The molecule has 7 heteroatoms. The fraction of sp³-hybridized carbons (Fsp3) is 0.529. The van der Waals surface area contributed by atoms with E-state index in [1.807, 2.05) is 24.1 Å². The van der Waals surface area contributed by atoms with Crippen molar-refractivity contribution in [3.8, 4) is 0 Å². The first-order valence-electron chi connectivity index (χ1n) is 8.56. The predicted molar refractivity (Wildman–Crippen MR) is 88.4 cm³/mol. The van der Waals surface area contributed by atoms with Crippen molar-refractivity contribution in [2.75, 3.05) is 19.6 Å². The number of fused-ring (bicyclic) bond motifs is 1. The van der Waals surface area contributed by atoms with Crippen molar-refractivity contribution >= 4 is 5.91 Å². The first-order valence-corrected chi connectivity index (χ1v) is 8.56. The van der Waals surface area contributed by atoms with Gasteiger partial charge in [-0.05, 0) is 25.8 Å². The average molecular weight is 326 g/mol. The highest BCUT2D eigenvalue weighted by Crippen LogP contribution is 2.29. The largest absolute Gasteiger partial charge is 0.348 e. The quantitative estimate of drug-likeness (QED) is 0.863. The molecule has 4 heterocycles. The van der Waals surface area contributed by atoms with Gasteiger partial charge in [0.2, 0.25) is 5.91 Å². The third-order valence-corrected chi connectivity index (χ3v) is 5.02. The van der Waals surface area contributed by atoms with E-state index in [-0.39, 0.29) is 11.9 Å². The maximum atomic E-state index is 12.9. The molecule has 0 saturated carbocycles. The molecule has 1 amide bonds. The SMILES string of the molecule is Cc1nccc(C2CCN(C(=O)[C@@H]3NCCc4[nH]cnc43)CC2)n1. The molecule has 2 aromatic rings. The van der Waals surface area contributed by atoms with Gasteiger partial charge in [0.15, 0.2) is 0 Å². The van der Waals surface area contributed by atoms with Crippen LogP contribution in [0, 0.1) is 6.92 Å². The summed E-state index contributed by atoms with van der Waals surface area (Å²) in [7, 11) is 0. The van der Waals surface area contributed by atoms with Gasteiger partial charge in [-0.2, -0.15) is 0 Å². The summed E-state index contributed by atoms with van der Waals surface area (Å²) in [6, 6.07) is 1.69. The van der Waals surface area contributed by atoms with E-state index in [0.717, 1.165) is 61.8 Å². The highest BCUT2D eigenvalue weighted by molar-refractivity contribution is 5.83. The summed E-state index contributed by atoms with van der Waals surface area (Å²) in [6.45, 7) is 4.26. The molecule has 1 saturated heterocycles. The van der Waals surface area contributed by atoms with E-state index in [9.17, 15) is 4.79 Å². The fourth-order valence-corrected chi connectivity index (χ4v) is 3.70. The van der Waals surface area contributed by atoms with Gasteiger partial charge in [-0.25, -0.2) is 15.0 Å². The Morgan fingerprint density at radius 3 is 2.92 bits per heavy atom. The van der Waals surface area contributed by atoms with E-state index in [2.05, 4.69) is 25.3 Å². The number of aromatic nitrogens is 4. The van der Waals surface area contributed by atoms with Crippen LogP contribution in [0.4, 0.5) is 0 Å². The van der Waals surface area contributed by atoms with E-state index >= 15 is 0 Å². The van der Waals surface area contributed by atoms with E-state index in [1.165, 1.54) is 0 Å². The molecule has 0 aromatic carbocycles. The number of nitrogens with zero attached hydrogens (tertiary/aromatic N) is 4. The third kappa shape index (κ3) is 2.80. The molecule has 1 atom stereocenters. The molecule has 4 rings (SSSR count). The van der Waals surface area contributed by atoms with Crippen LogP contribution in [0.1, 0.15) is 47.7 Å². The summed E-state index contributed by atoms with van der Waals surface area (Å²) in [5.74, 6) is 1.36. The van der Waals surface area contributed by atoms with Crippen molar-refractivity contribution in [3.63, 3.8) is 0 Å². The zero-order chi connectivity index (χ0) is 16.5. The molecule has 7 nitrogen and oxygen atoms in total. The smallest absolute Gasteiger partial charge is 0.246 e. The van der Waals surface area contributed by atoms with Crippen molar-refractivity contribution < 1.29 is 4.79 Å². The minimum atomic E-state index is -0.308. The standard InChI is InChI=1S/C17H22N6O/c1-11-18-6-2-13(22-11)12-4-8-23(9-5-12)17(24)16-15-14(3-7-19-16)20-10-21-15/h2,6,10,12,16,19H,3-5,7-9H2,1H3,(H,20,21)/t16-/m1/s1. The van der Waals surface area contributed by atoms with Crippen LogP contribution in [0.15, 0.2) is 18.6 Å². The molecule has 2 aliphatic heterocycles. The Labute approximate surface area is 140 Å². The van der Waals surface area contributed by atoms with E-state index < -0.39 is 0 Å². The van der Waals surface area contributed by atoms with Crippen LogP contribution in [0.3, 0.4) is 0 Å². The fourth-order valence-electron chi connectivity index (χ4n) is 3.70. The number of piperidine rings is 1. The summed E-state index contributed by atoms with van der Waals surface area (Å²) >= 11 is 0. The number of carbonyl (C=O) groups excluding carboxylic acids is 1. The average Bonchev–Trinajstić information content (AvgIpc) is 3.10. The maximum absolute atomic E-state index is 12.9. The Kier molecular flexibility index (Phi) is 4.02. The molecular weight excluding hydrogens is 304 g/mol. The molecule has 0 bridgehead atoms. The van der Waals surface area contributed by atoms with Gasteiger partial charge < -0.3 is 15.2 Å². The topological polar surface area (TPSA) is 86.8 Å². The second kappa shape index (κ2) is 6.32. The summed E-state index contributed by atoms with van der Waals surface area (Å²) in [6.07, 6.45) is 6.29. The Morgan fingerprint density at radius 1 is 1.29 bits per heavy atom. The molecule has 1 fully saturated rings. The molecule has 2 aromatic heterocycles. The Bertz CT molecular complexity index is 734. The van der Waals surface area contributed by atoms with E-state index in [4.69, 9.17) is 0 Å². The van der Waals surface area contributed by atoms with E-state index in [0.29, 0.717) is 5.92 Å². The number of nitrogens with one attached hydrogen (secondary N) is 2. The number of aromatic amines is 1. The number of hydrogen-bond donors (Lipinski definition) is 2. The maximum Gasteiger partial charge on any atom is 0.246 e. The highest BCUT2D eigenvalue weighted by Gasteiger charge is 2.33. The van der Waals surface area contributed by atoms with Crippen molar-refractivity contribution in [3.05, 3.63) is 41.5 Å². The van der Waals surface area contributed by atoms with Gasteiger partial charge in [-0.15, -0.1) is 0 Å². The van der Waals surface area contributed by atoms with Gasteiger partial charge in [-0.3, -0.25) is 4.79 Å². The number of rotatable bonds is 2. The Hall–Kier alpha value is -2.28. The lowest BCUT2D eigenvalue weighted by atomic mass is 9.92. The van der Waals surface area contributed by atoms with Crippen LogP contribution < -0.4 is 5.32 Å². The number of likely N-dealkylation sites (tertiary alicyclic amines) is 1. The van der Waals surface area contributed by atoms with Crippen molar-refractivity contribution in [2.24, 2.45) is 0 Å². The lowest BCUT2D eigenvalue weighted by Gasteiger charge is -2.35. The molecule has 126 valence electrons. The number of aryl methyl sites for hydroxylation is 1. The van der Waals surface area contributed by atoms with Crippen LogP contribution in [-0.4, -0.2) is 50.4 Å². The van der Waals surface area contributed by atoms with Crippen molar-refractivity contribution in [2.45, 2.75) is 38.1 Å². The van der Waals surface area contributed by atoms with Gasteiger partial charge >= 0.3 is 0 Å². The lowest BCUT2D eigenvalue weighted by Crippen LogP contribution is -2.46. The zero-order valence-corrected chi connectivity index (χ0v) is 13.8. The van der Waals surface area contributed by atoms with Gasteiger partial charge in [0.25, 0.3) is 0 Å². The van der Waals surface area contributed by atoms with Crippen molar-refractivity contribution in [1.82, 2.24) is 30.2 Å². The number of carbonyl (C=O) groups is 1. The summed E-state index contributed by atoms with van der Waals surface area (Å²) in [5, 5.41) is 3.31. The zero-order valence-electron chi connectivity index (χ0n) is 13.8. The van der Waals surface area contributed by atoms with Crippen LogP contribution in [0.25, 0.3) is 0 Å². The Morgan fingerprint density at radius 2 is 2.12 bits per heavy atom. The number of imidazole rings is 1. The van der Waals surface area contributed by atoms with Crippen LogP contribution in [0.5, 0.6) is 0 Å². The summed E-state index contributed by atoms with van der Waals surface area (Å²) in [5.41, 5.74) is 3.04. The minimum Gasteiger partial charge on any atom is -0.348 e. The highest BCUT2D eigenvalue weighted by atomic mass is 16.2. The normalized spacial score (nSPS) is 21.5. The lowest BCUT2D eigenvalue weighted by molar-refractivity contribution is -0.135. The number of hydrogen-bond acceptors (Lipinski definition) is 5. The van der Waals surface area contributed by atoms with Crippen LogP contribution in [-0.2, 0) is 11.2 Å². The third-order valence-electron chi connectivity index (χ3n) is 5.02. The van der Waals surface area contributed by atoms with Gasteiger partial charge in [0.05, 0.1) is 12.0 Å². The summed E-state index contributed by atoms with van der Waals surface area (Å²) < 4.78 is 0. The van der Waals surface area contributed by atoms with Gasteiger partial charge in [0, 0.05) is 49.6 Å². The predicted octanol–water partition coefficient (Wildman–Crippen LogP) is 1.10. The monoisotopic (exact) mass is 326 g/mol.